The van der Waals surface area contributed by atoms with Crippen LogP contribution < -0.4 is 5.14 Å². The van der Waals surface area contributed by atoms with E-state index < -0.39 is 10.0 Å². The quantitative estimate of drug-likeness (QED) is 0.727. The molecule has 140 valence electrons. The topological polar surface area (TPSA) is 106 Å². The van der Waals surface area contributed by atoms with Gasteiger partial charge in [0.15, 0.2) is 11.5 Å². The van der Waals surface area contributed by atoms with E-state index in [1.165, 1.54) is 17.0 Å². The normalized spacial score (nSPS) is 12.6. The number of rotatable bonds is 5. The molecule has 2 N–H and O–H groups in total. The van der Waals surface area contributed by atoms with Crippen molar-refractivity contribution in [3.63, 3.8) is 0 Å². The summed E-state index contributed by atoms with van der Waals surface area (Å²) in [5.74, 6) is 0.210. The minimum Gasteiger partial charge on any atom is -0.355 e. The van der Waals surface area contributed by atoms with Crippen molar-refractivity contribution in [1.82, 2.24) is 10.1 Å². The second-order valence-corrected chi connectivity index (χ2v) is 7.71. The lowest BCUT2D eigenvalue weighted by atomic mass is 10.1. The molecule has 1 unspecified atom stereocenters. The van der Waals surface area contributed by atoms with Crippen molar-refractivity contribution in [1.29, 1.82) is 0 Å². The molecule has 1 atom stereocenters. The van der Waals surface area contributed by atoms with Crippen molar-refractivity contribution in [2.75, 3.05) is 7.05 Å². The largest absolute Gasteiger partial charge is 0.355 e. The second-order valence-electron chi connectivity index (χ2n) is 6.15. The number of aromatic nitrogens is 1. The van der Waals surface area contributed by atoms with Gasteiger partial charge in [0, 0.05) is 18.7 Å². The van der Waals surface area contributed by atoms with Crippen molar-refractivity contribution in [3.8, 4) is 11.3 Å². The minimum atomic E-state index is -3.75. The highest BCUT2D eigenvalue weighted by atomic mass is 32.2. The molecule has 0 spiro atoms. The summed E-state index contributed by atoms with van der Waals surface area (Å²) in [5.41, 5.74) is 1.80. The van der Waals surface area contributed by atoms with Crippen molar-refractivity contribution < 1.29 is 17.7 Å². The van der Waals surface area contributed by atoms with Crippen molar-refractivity contribution in [2.24, 2.45) is 5.14 Å². The standard InChI is InChI=1S/C19H19N3O4S/c1-13(14-8-10-16(11-9-14)27(20,24)25)22(2)19(23)17-12-18(26-21-17)15-6-4-3-5-7-15/h3-13H,1-2H3,(H2,20,24,25). The van der Waals surface area contributed by atoms with E-state index in [-0.39, 0.29) is 22.5 Å². The maximum atomic E-state index is 12.7. The van der Waals surface area contributed by atoms with Gasteiger partial charge in [-0.2, -0.15) is 0 Å². The van der Waals surface area contributed by atoms with Crippen LogP contribution >= 0.6 is 0 Å². The van der Waals surface area contributed by atoms with Crippen LogP contribution in [0.3, 0.4) is 0 Å². The van der Waals surface area contributed by atoms with Crippen LogP contribution in [-0.4, -0.2) is 31.4 Å². The first-order valence-electron chi connectivity index (χ1n) is 8.19. The number of carbonyl (C=O) groups excluding carboxylic acids is 1. The molecule has 27 heavy (non-hydrogen) atoms. The van der Waals surface area contributed by atoms with Crippen LogP contribution in [0.1, 0.15) is 29.0 Å². The summed E-state index contributed by atoms with van der Waals surface area (Å²) in [6.07, 6.45) is 0. The Bertz CT molecular complexity index is 1040. The lowest BCUT2D eigenvalue weighted by Gasteiger charge is -2.24. The van der Waals surface area contributed by atoms with Crippen molar-refractivity contribution in [3.05, 3.63) is 71.9 Å². The van der Waals surface area contributed by atoms with E-state index in [1.54, 1.807) is 25.2 Å². The third-order valence-electron chi connectivity index (χ3n) is 4.38. The Hall–Kier alpha value is -2.97. The second kappa shape index (κ2) is 7.34. The molecular formula is C19H19N3O4S. The van der Waals surface area contributed by atoms with E-state index in [2.05, 4.69) is 5.16 Å². The van der Waals surface area contributed by atoms with E-state index in [1.807, 2.05) is 37.3 Å². The summed E-state index contributed by atoms with van der Waals surface area (Å²) in [6.45, 7) is 1.84. The predicted octanol–water partition coefficient (Wildman–Crippen LogP) is 2.82. The summed E-state index contributed by atoms with van der Waals surface area (Å²) in [5, 5.41) is 8.98. The zero-order chi connectivity index (χ0) is 19.6. The number of primary sulfonamides is 1. The van der Waals surface area contributed by atoms with Crippen LogP contribution in [-0.2, 0) is 10.0 Å². The molecule has 0 aliphatic carbocycles. The summed E-state index contributed by atoms with van der Waals surface area (Å²) >= 11 is 0. The van der Waals surface area contributed by atoms with Crippen LogP contribution in [0.5, 0.6) is 0 Å². The van der Waals surface area contributed by atoms with Gasteiger partial charge in [-0.1, -0.05) is 47.6 Å². The highest BCUT2D eigenvalue weighted by Gasteiger charge is 2.23. The van der Waals surface area contributed by atoms with E-state index >= 15 is 0 Å². The van der Waals surface area contributed by atoms with Crippen molar-refractivity contribution in [2.45, 2.75) is 17.9 Å². The van der Waals surface area contributed by atoms with E-state index in [9.17, 15) is 13.2 Å². The Morgan fingerprint density at radius 1 is 1.11 bits per heavy atom. The van der Waals surface area contributed by atoms with Gasteiger partial charge in [-0.05, 0) is 24.6 Å². The van der Waals surface area contributed by atoms with Gasteiger partial charge in [-0.3, -0.25) is 4.79 Å². The molecule has 1 heterocycles. The minimum absolute atomic E-state index is 0.0245. The number of nitrogens with two attached hydrogens (primary N) is 1. The van der Waals surface area contributed by atoms with Gasteiger partial charge in [-0.15, -0.1) is 0 Å². The molecule has 0 saturated carbocycles. The van der Waals surface area contributed by atoms with Gasteiger partial charge in [-0.25, -0.2) is 13.6 Å². The number of amides is 1. The van der Waals surface area contributed by atoms with E-state index in [4.69, 9.17) is 9.66 Å². The number of carbonyl (C=O) groups is 1. The van der Waals surface area contributed by atoms with Gasteiger partial charge >= 0.3 is 0 Å². The Morgan fingerprint density at radius 3 is 2.33 bits per heavy atom. The van der Waals surface area contributed by atoms with E-state index in [0.29, 0.717) is 5.76 Å². The average Bonchev–Trinajstić information content (AvgIpc) is 3.16. The van der Waals surface area contributed by atoms with Gasteiger partial charge in [0.2, 0.25) is 10.0 Å². The fourth-order valence-electron chi connectivity index (χ4n) is 2.63. The Balaban J connectivity index is 1.78. The molecule has 3 aromatic rings. The summed E-state index contributed by atoms with van der Waals surface area (Å²) in [4.78, 5) is 14.3. The zero-order valence-corrected chi connectivity index (χ0v) is 15.7. The smallest absolute Gasteiger partial charge is 0.276 e. The molecule has 0 fully saturated rings. The first-order chi connectivity index (χ1) is 12.8. The fraction of sp³-hybridized carbons (Fsp3) is 0.158. The number of hydrogen-bond donors (Lipinski definition) is 1. The molecule has 8 heteroatoms. The predicted molar refractivity (Wildman–Crippen MR) is 100 cm³/mol. The zero-order valence-electron chi connectivity index (χ0n) is 14.9. The molecule has 1 amide bonds. The van der Waals surface area contributed by atoms with Gasteiger partial charge in [0.25, 0.3) is 5.91 Å². The first-order valence-corrected chi connectivity index (χ1v) is 9.74. The molecule has 0 aliphatic heterocycles. The van der Waals surface area contributed by atoms with Gasteiger partial charge in [0.1, 0.15) is 0 Å². The van der Waals surface area contributed by atoms with Crippen LogP contribution in [0.15, 0.2) is 70.1 Å². The molecule has 0 bridgehead atoms. The molecule has 0 aliphatic rings. The number of hydrogen-bond acceptors (Lipinski definition) is 5. The number of benzene rings is 2. The number of nitrogens with zero attached hydrogens (tertiary/aromatic N) is 2. The average molecular weight is 385 g/mol. The summed E-state index contributed by atoms with van der Waals surface area (Å²) < 4.78 is 28.0. The lowest BCUT2D eigenvalue weighted by Crippen LogP contribution is -2.29. The maximum absolute atomic E-state index is 12.7. The van der Waals surface area contributed by atoms with Crippen LogP contribution in [0.2, 0.25) is 0 Å². The first kappa shape index (κ1) is 18.8. The number of sulfonamides is 1. The van der Waals surface area contributed by atoms with Crippen LogP contribution in [0.25, 0.3) is 11.3 Å². The molecular weight excluding hydrogens is 366 g/mol. The highest BCUT2D eigenvalue weighted by Crippen LogP contribution is 2.24. The molecule has 3 rings (SSSR count). The lowest BCUT2D eigenvalue weighted by molar-refractivity contribution is 0.0732. The van der Waals surface area contributed by atoms with E-state index in [0.717, 1.165) is 11.1 Å². The molecule has 2 aromatic carbocycles. The Morgan fingerprint density at radius 2 is 1.74 bits per heavy atom. The Labute approximate surface area is 157 Å². The Kier molecular flexibility index (Phi) is 5.11. The highest BCUT2D eigenvalue weighted by molar-refractivity contribution is 7.89. The van der Waals surface area contributed by atoms with Crippen LogP contribution in [0.4, 0.5) is 0 Å². The SMILES string of the molecule is CC(c1ccc(S(N)(=O)=O)cc1)N(C)C(=O)c1cc(-c2ccccc2)on1. The summed E-state index contributed by atoms with van der Waals surface area (Å²) in [6, 6.07) is 16.8. The van der Waals surface area contributed by atoms with Gasteiger partial charge in [0.05, 0.1) is 10.9 Å². The third kappa shape index (κ3) is 4.07. The van der Waals surface area contributed by atoms with Gasteiger partial charge < -0.3 is 9.42 Å². The fourth-order valence-corrected chi connectivity index (χ4v) is 3.15. The third-order valence-corrected chi connectivity index (χ3v) is 5.31. The molecule has 1 aromatic heterocycles. The maximum Gasteiger partial charge on any atom is 0.276 e. The molecule has 0 radical (unpaired) electrons. The van der Waals surface area contributed by atoms with Crippen molar-refractivity contribution >= 4 is 15.9 Å². The molecule has 0 saturated heterocycles. The monoisotopic (exact) mass is 385 g/mol. The van der Waals surface area contributed by atoms with Crippen LogP contribution in [0, 0.1) is 0 Å². The molecule has 7 nitrogen and oxygen atoms in total. The summed E-state index contributed by atoms with van der Waals surface area (Å²) in [7, 11) is -2.10.